The Morgan fingerprint density at radius 1 is 1.25 bits per heavy atom. The van der Waals surface area contributed by atoms with Crippen molar-refractivity contribution in [3.05, 3.63) is 35.4 Å². The highest BCUT2D eigenvalue weighted by atomic mass is 32.2. The van der Waals surface area contributed by atoms with Crippen molar-refractivity contribution in [1.82, 2.24) is 4.90 Å². The third-order valence-corrected chi connectivity index (χ3v) is 8.03. The van der Waals surface area contributed by atoms with E-state index in [0.717, 1.165) is 18.4 Å². The number of sulfone groups is 1. The minimum atomic E-state index is -3.00. The molecule has 0 bridgehead atoms. The first kappa shape index (κ1) is 16.1. The Hall–Kier alpha value is -1.34. The van der Waals surface area contributed by atoms with Gasteiger partial charge in [-0.15, -0.1) is 0 Å². The first-order valence-corrected chi connectivity index (χ1v) is 10.9. The van der Waals surface area contributed by atoms with Crippen LogP contribution in [0.4, 0.5) is 0 Å². The second-order valence-electron chi connectivity index (χ2n) is 6.92. The summed E-state index contributed by atoms with van der Waals surface area (Å²) in [4.78, 5) is 18.5. The van der Waals surface area contributed by atoms with Crippen LogP contribution >= 0.6 is 11.8 Å². The van der Waals surface area contributed by atoms with Crippen molar-refractivity contribution in [2.45, 2.75) is 37.6 Å². The molecule has 1 aromatic rings. The zero-order valence-corrected chi connectivity index (χ0v) is 15.1. The maximum Gasteiger partial charge on any atom is 0.251 e. The molecular weight excluding hydrogens is 344 g/mol. The van der Waals surface area contributed by atoms with Crippen LogP contribution in [0.1, 0.15) is 24.0 Å². The average molecular weight is 364 g/mol. The first-order valence-electron chi connectivity index (χ1n) is 8.23. The smallest absolute Gasteiger partial charge is 0.251 e. The van der Waals surface area contributed by atoms with Crippen LogP contribution in [0.2, 0.25) is 0 Å². The number of carbonyl (C=O) groups excluding carboxylic acids is 1. The van der Waals surface area contributed by atoms with E-state index < -0.39 is 9.84 Å². The van der Waals surface area contributed by atoms with Gasteiger partial charge in [0.15, 0.2) is 15.0 Å². The third-order valence-electron chi connectivity index (χ3n) is 4.78. The van der Waals surface area contributed by atoms with Gasteiger partial charge in [-0.05, 0) is 25.3 Å². The molecule has 2 saturated heterocycles. The lowest BCUT2D eigenvalue weighted by Gasteiger charge is -2.24. The van der Waals surface area contributed by atoms with Crippen LogP contribution in [0.5, 0.6) is 0 Å². The molecule has 1 saturated carbocycles. The van der Waals surface area contributed by atoms with Crippen LogP contribution < -0.4 is 0 Å². The van der Waals surface area contributed by atoms with E-state index in [2.05, 4.69) is 17.1 Å². The SMILES string of the molecule is Cc1ccc(CN2C(=NC(=O)C3CC3)S[C@@H]3CS(=O)(=O)C[C@@H]32)cc1. The van der Waals surface area contributed by atoms with Gasteiger partial charge in [0.1, 0.15) is 0 Å². The van der Waals surface area contributed by atoms with Crippen molar-refractivity contribution in [3.63, 3.8) is 0 Å². The Morgan fingerprint density at radius 2 is 1.96 bits per heavy atom. The number of nitrogens with zero attached hydrogens (tertiary/aromatic N) is 2. The quantitative estimate of drug-likeness (QED) is 0.821. The molecule has 0 N–H and O–H groups in total. The number of thioether (sulfide) groups is 1. The summed E-state index contributed by atoms with van der Waals surface area (Å²) >= 11 is 1.46. The molecule has 2 atom stereocenters. The Bertz CT molecular complexity index is 798. The summed E-state index contributed by atoms with van der Waals surface area (Å²) in [5, 5.41) is 0.698. The van der Waals surface area contributed by atoms with Crippen molar-refractivity contribution in [2.24, 2.45) is 10.9 Å². The molecule has 128 valence electrons. The number of aliphatic imine (C=N–C) groups is 1. The fourth-order valence-electron chi connectivity index (χ4n) is 3.23. The number of aryl methyl sites for hydroxylation is 1. The number of hydrogen-bond acceptors (Lipinski definition) is 4. The lowest BCUT2D eigenvalue weighted by atomic mass is 10.1. The van der Waals surface area contributed by atoms with Gasteiger partial charge < -0.3 is 4.90 Å². The summed E-state index contributed by atoms with van der Waals surface area (Å²) in [7, 11) is -3.00. The van der Waals surface area contributed by atoms with Crippen LogP contribution in [0.3, 0.4) is 0 Å². The summed E-state index contributed by atoms with van der Waals surface area (Å²) in [5.74, 6) is 0.383. The molecule has 2 aliphatic heterocycles. The lowest BCUT2D eigenvalue weighted by Crippen LogP contribution is -2.37. The number of rotatable bonds is 3. The number of carbonyl (C=O) groups is 1. The highest BCUT2D eigenvalue weighted by Gasteiger charge is 2.49. The molecule has 2 heterocycles. The molecule has 0 spiro atoms. The van der Waals surface area contributed by atoms with Gasteiger partial charge in [0.25, 0.3) is 5.91 Å². The van der Waals surface area contributed by atoms with Gasteiger partial charge in [0.05, 0.1) is 17.5 Å². The van der Waals surface area contributed by atoms with Gasteiger partial charge in [-0.2, -0.15) is 4.99 Å². The van der Waals surface area contributed by atoms with Crippen LogP contribution in [0.15, 0.2) is 29.3 Å². The van der Waals surface area contributed by atoms with Crippen LogP contribution in [0, 0.1) is 12.8 Å². The first-order chi connectivity index (χ1) is 11.4. The van der Waals surface area contributed by atoms with Gasteiger partial charge in [0, 0.05) is 17.7 Å². The van der Waals surface area contributed by atoms with Crippen molar-refractivity contribution < 1.29 is 13.2 Å². The number of amides is 1. The zero-order chi connectivity index (χ0) is 16.9. The maximum atomic E-state index is 12.1. The number of benzene rings is 1. The molecule has 0 aromatic heterocycles. The second kappa shape index (κ2) is 5.88. The van der Waals surface area contributed by atoms with E-state index in [1.54, 1.807) is 0 Å². The van der Waals surface area contributed by atoms with E-state index in [9.17, 15) is 13.2 Å². The summed E-state index contributed by atoms with van der Waals surface area (Å²) in [5.41, 5.74) is 2.30. The van der Waals surface area contributed by atoms with E-state index in [4.69, 9.17) is 0 Å². The molecule has 4 rings (SSSR count). The zero-order valence-electron chi connectivity index (χ0n) is 13.5. The van der Waals surface area contributed by atoms with Crippen LogP contribution in [0.25, 0.3) is 0 Å². The van der Waals surface area contributed by atoms with Crippen LogP contribution in [-0.2, 0) is 21.2 Å². The largest absolute Gasteiger partial charge is 0.342 e. The van der Waals surface area contributed by atoms with Crippen molar-refractivity contribution in [3.8, 4) is 0 Å². The molecule has 3 fully saturated rings. The van der Waals surface area contributed by atoms with Gasteiger partial charge in [-0.3, -0.25) is 4.79 Å². The van der Waals surface area contributed by atoms with Crippen LogP contribution in [-0.4, -0.2) is 47.2 Å². The summed E-state index contributed by atoms with van der Waals surface area (Å²) in [6, 6.07) is 8.13. The monoisotopic (exact) mass is 364 g/mol. The molecule has 0 radical (unpaired) electrons. The second-order valence-corrected chi connectivity index (χ2v) is 10.3. The predicted molar refractivity (Wildman–Crippen MR) is 95.7 cm³/mol. The van der Waals surface area contributed by atoms with Crippen molar-refractivity contribution in [2.75, 3.05) is 11.5 Å². The lowest BCUT2D eigenvalue weighted by molar-refractivity contribution is -0.118. The topological polar surface area (TPSA) is 66.8 Å². The standard InChI is InChI=1S/C17H20N2O3S2/c1-11-2-4-12(5-3-11)8-19-14-9-24(21,22)10-15(14)23-17(19)18-16(20)13-6-7-13/h2-5,13-15H,6-10H2,1H3/t14-,15+/m0/s1. The highest BCUT2D eigenvalue weighted by Crippen LogP contribution is 2.40. The number of hydrogen-bond donors (Lipinski definition) is 0. The number of fused-ring (bicyclic) bond motifs is 1. The van der Waals surface area contributed by atoms with Gasteiger partial charge >= 0.3 is 0 Å². The molecule has 5 nitrogen and oxygen atoms in total. The van der Waals surface area contributed by atoms with Gasteiger partial charge in [0.2, 0.25) is 0 Å². The minimum absolute atomic E-state index is 0.00815. The summed E-state index contributed by atoms with van der Waals surface area (Å²) in [6.07, 6.45) is 1.86. The summed E-state index contributed by atoms with van der Waals surface area (Å²) < 4.78 is 24.0. The van der Waals surface area contributed by atoms with Gasteiger partial charge in [-0.25, -0.2) is 8.42 Å². The van der Waals surface area contributed by atoms with E-state index in [1.165, 1.54) is 17.3 Å². The van der Waals surface area contributed by atoms with Gasteiger partial charge in [-0.1, -0.05) is 41.6 Å². The number of amidine groups is 1. The van der Waals surface area contributed by atoms with Crippen molar-refractivity contribution in [1.29, 1.82) is 0 Å². The Kier molecular flexibility index (Phi) is 3.95. The predicted octanol–water partition coefficient (Wildman–Crippen LogP) is 2.00. The Labute approximate surface area is 146 Å². The third kappa shape index (κ3) is 3.24. The molecule has 1 aromatic carbocycles. The molecule has 1 aliphatic carbocycles. The van der Waals surface area contributed by atoms with E-state index in [-0.39, 0.29) is 34.6 Å². The Balaban J connectivity index is 1.61. The fraction of sp³-hybridized carbons (Fsp3) is 0.529. The molecule has 7 heteroatoms. The van der Waals surface area contributed by atoms with E-state index >= 15 is 0 Å². The summed E-state index contributed by atoms with van der Waals surface area (Å²) in [6.45, 7) is 2.64. The van der Waals surface area contributed by atoms with E-state index in [1.807, 2.05) is 24.0 Å². The molecule has 0 unspecified atom stereocenters. The minimum Gasteiger partial charge on any atom is -0.342 e. The average Bonchev–Trinajstić information content (AvgIpc) is 3.26. The molecule has 3 aliphatic rings. The highest BCUT2D eigenvalue weighted by molar-refractivity contribution is 8.15. The molecule has 1 amide bonds. The maximum absolute atomic E-state index is 12.1. The van der Waals surface area contributed by atoms with E-state index in [0.29, 0.717) is 11.7 Å². The normalized spacial score (nSPS) is 29.9. The molecular formula is C17H20N2O3S2. The fourth-order valence-corrected chi connectivity index (χ4v) is 7.18. The van der Waals surface area contributed by atoms with Crippen molar-refractivity contribution >= 4 is 32.7 Å². The Morgan fingerprint density at radius 3 is 2.62 bits per heavy atom. The molecule has 24 heavy (non-hydrogen) atoms.